The molecule has 1 N–H and O–H groups in total. The van der Waals surface area contributed by atoms with Gasteiger partial charge in [0.25, 0.3) is 0 Å². The van der Waals surface area contributed by atoms with Crippen LogP contribution in [0.3, 0.4) is 0 Å². The van der Waals surface area contributed by atoms with Gasteiger partial charge in [0.2, 0.25) is 5.88 Å². The molecule has 3 heterocycles. The van der Waals surface area contributed by atoms with Crippen LogP contribution in [-0.2, 0) is 17.7 Å². The topological polar surface area (TPSA) is 101 Å². The summed E-state index contributed by atoms with van der Waals surface area (Å²) in [6, 6.07) is 1.60. The lowest BCUT2D eigenvalue weighted by molar-refractivity contribution is -0.0974. The van der Waals surface area contributed by atoms with Crippen molar-refractivity contribution in [2.75, 3.05) is 13.2 Å². The normalized spacial score (nSPS) is 30.5. The fraction of sp³-hybridized carbons (Fsp3) is 0.833. The molecule has 0 bridgehead atoms. The lowest BCUT2D eigenvalue weighted by atomic mass is 9.96. The second-order valence-electron chi connectivity index (χ2n) is 11.2. The molecule has 4 atom stereocenters. The van der Waals surface area contributed by atoms with Gasteiger partial charge in [-0.2, -0.15) is 4.98 Å². The molecule has 0 radical (unpaired) electrons. The monoisotopic (exact) mass is 528 g/mol. The Kier molecular flexibility index (Phi) is 8.42. The number of nitrogens with zero attached hydrogens (tertiary/aromatic N) is 2. The van der Waals surface area contributed by atoms with Crippen molar-refractivity contribution in [1.29, 1.82) is 0 Å². The molecule has 0 spiro atoms. The second-order valence-corrected chi connectivity index (χ2v) is 20.0. The summed E-state index contributed by atoms with van der Waals surface area (Å²) in [7, 11) is -5.68. The second kappa shape index (κ2) is 10.3. The third kappa shape index (κ3) is 4.93. The molecule has 2 aliphatic rings. The highest BCUT2D eigenvalue weighted by Crippen LogP contribution is 2.50. The Labute approximate surface area is 211 Å². The van der Waals surface area contributed by atoms with Crippen molar-refractivity contribution >= 4 is 17.1 Å². The Morgan fingerprint density at radius 2 is 1.69 bits per heavy atom. The van der Waals surface area contributed by atoms with Crippen molar-refractivity contribution < 1.29 is 27.5 Å². The molecule has 9 nitrogen and oxygen atoms in total. The van der Waals surface area contributed by atoms with Crippen LogP contribution in [0.15, 0.2) is 17.1 Å². The third-order valence-electron chi connectivity index (χ3n) is 7.39. The minimum atomic E-state index is -2.95. The zero-order valence-corrected chi connectivity index (χ0v) is 24.9. The standard InChI is InChI=1S/C24H44N2O7Si2/c1-11-29-20-12-13-26(23(27)25-20)22-24(10,28)21-19(31-22)14-30-34(15(2)3,16(4)5)33-35(32-21,17(6)7)18(8)9/h12-13,15-19,21-22,28H,11,14H2,1-10H3/t19-,21+,22-,24?/m1/s1. The molecule has 0 aromatic carbocycles. The summed E-state index contributed by atoms with van der Waals surface area (Å²) in [5, 5.41) is 11.8. The minimum absolute atomic E-state index is 0.110. The van der Waals surface area contributed by atoms with E-state index in [1.807, 2.05) is 6.92 Å². The number of hydrogen-bond donors (Lipinski definition) is 1. The molecular weight excluding hydrogens is 484 g/mol. The van der Waals surface area contributed by atoms with E-state index in [0.29, 0.717) is 6.61 Å². The maximum Gasteiger partial charge on any atom is 0.353 e. The van der Waals surface area contributed by atoms with Crippen molar-refractivity contribution in [1.82, 2.24) is 9.55 Å². The Morgan fingerprint density at radius 3 is 2.17 bits per heavy atom. The fourth-order valence-electron chi connectivity index (χ4n) is 5.49. The quantitative estimate of drug-likeness (QED) is 0.524. The van der Waals surface area contributed by atoms with Crippen molar-refractivity contribution in [2.24, 2.45) is 0 Å². The minimum Gasteiger partial charge on any atom is -0.478 e. The molecule has 2 fully saturated rings. The van der Waals surface area contributed by atoms with E-state index in [-0.39, 0.29) is 34.7 Å². The summed E-state index contributed by atoms with van der Waals surface area (Å²) in [6.45, 7) is 21.3. The van der Waals surface area contributed by atoms with Gasteiger partial charge in [-0.1, -0.05) is 55.4 Å². The first kappa shape index (κ1) is 28.5. The highest BCUT2D eigenvalue weighted by Gasteiger charge is 2.64. The van der Waals surface area contributed by atoms with Crippen molar-refractivity contribution in [3.63, 3.8) is 0 Å². The summed E-state index contributed by atoms with van der Waals surface area (Å²) in [6.07, 6.45) is -0.734. The summed E-state index contributed by atoms with van der Waals surface area (Å²) < 4.78 is 33.9. The van der Waals surface area contributed by atoms with Crippen LogP contribution in [0.25, 0.3) is 0 Å². The van der Waals surface area contributed by atoms with Gasteiger partial charge in [0.05, 0.1) is 13.2 Å². The zero-order chi connectivity index (χ0) is 26.3. The molecule has 0 amide bonds. The lowest BCUT2D eigenvalue weighted by Crippen LogP contribution is -2.66. The first-order valence-electron chi connectivity index (χ1n) is 12.8. The highest BCUT2D eigenvalue weighted by molar-refractivity contribution is 6.84. The Hall–Kier alpha value is -1.09. The van der Waals surface area contributed by atoms with Gasteiger partial charge in [-0.25, -0.2) is 4.79 Å². The zero-order valence-electron chi connectivity index (χ0n) is 22.9. The van der Waals surface area contributed by atoms with Crippen LogP contribution in [0.2, 0.25) is 22.2 Å². The SMILES string of the molecule is CCOc1ccn([C@@H]2O[C@@H]3CO[Si](C(C)C)(C(C)C)O[Si](C(C)C)(C(C)C)O[C@@H]3C2(C)O)c(=O)n1. The first-order chi connectivity index (χ1) is 16.2. The number of fused-ring (bicyclic) bond motifs is 1. The maximum atomic E-state index is 12.9. The highest BCUT2D eigenvalue weighted by atomic mass is 28.5. The fourth-order valence-corrected chi connectivity index (χ4v) is 16.8. The van der Waals surface area contributed by atoms with Crippen LogP contribution in [0.1, 0.15) is 75.5 Å². The average Bonchev–Trinajstić information content (AvgIpc) is 2.97. The number of aromatic nitrogens is 2. The summed E-state index contributed by atoms with van der Waals surface area (Å²) in [4.78, 5) is 16.9. The molecule has 11 heteroatoms. The van der Waals surface area contributed by atoms with Gasteiger partial charge in [0.15, 0.2) is 6.23 Å². The van der Waals surface area contributed by atoms with Crippen LogP contribution >= 0.6 is 0 Å². The molecular formula is C24H44N2O7Si2. The Morgan fingerprint density at radius 1 is 1.11 bits per heavy atom. The van der Waals surface area contributed by atoms with Gasteiger partial charge in [-0.15, -0.1) is 0 Å². The van der Waals surface area contributed by atoms with Crippen LogP contribution in [0.4, 0.5) is 0 Å². The Bertz CT molecular complexity index is 919. The van der Waals surface area contributed by atoms with E-state index in [4.69, 9.17) is 22.4 Å². The van der Waals surface area contributed by atoms with E-state index < -0.39 is 46.8 Å². The number of aliphatic hydroxyl groups is 1. The van der Waals surface area contributed by atoms with Gasteiger partial charge in [0, 0.05) is 12.3 Å². The predicted molar refractivity (Wildman–Crippen MR) is 138 cm³/mol. The molecule has 1 aromatic heterocycles. The van der Waals surface area contributed by atoms with Crippen molar-refractivity contribution in [3.05, 3.63) is 22.7 Å². The third-order valence-corrected chi connectivity index (χ3v) is 17.6. The average molecular weight is 529 g/mol. The van der Waals surface area contributed by atoms with Crippen LogP contribution in [-0.4, -0.2) is 62.8 Å². The van der Waals surface area contributed by atoms with Gasteiger partial charge >= 0.3 is 22.8 Å². The number of ether oxygens (including phenoxy) is 2. The molecule has 2 saturated heterocycles. The summed E-state index contributed by atoms with van der Waals surface area (Å²) >= 11 is 0. The van der Waals surface area contributed by atoms with Crippen molar-refractivity contribution in [2.45, 2.75) is 115 Å². The molecule has 0 aliphatic carbocycles. The van der Waals surface area contributed by atoms with E-state index in [0.717, 1.165) is 0 Å². The van der Waals surface area contributed by atoms with E-state index in [1.54, 1.807) is 19.2 Å². The Balaban J connectivity index is 2.10. The maximum absolute atomic E-state index is 12.9. The smallest absolute Gasteiger partial charge is 0.353 e. The number of hydrogen-bond acceptors (Lipinski definition) is 8. The predicted octanol–water partition coefficient (Wildman–Crippen LogP) is 4.25. The first-order valence-corrected chi connectivity index (χ1v) is 16.8. The van der Waals surface area contributed by atoms with Crippen LogP contribution in [0.5, 0.6) is 5.88 Å². The van der Waals surface area contributed by atoms with Crippen molar-refractivity contribution in [3.8, 4) is 5.88 Å². The molecule has 35 heavy (non-hydrogen) atoms. The lowest BCUT2D eigenvalue weighted by Gasteiger charge is -2.52. The van der Waals surface area contributed by atoms with E-state index in [1.165, 1.54) is 4.57 Å². The summed E-state index contributed by atoms with van der Waals surface area (Å²) in [5.41, 5.74) is -1.46. The molecule has 2 aliphatic heterocycles. The van der Waals surface area contributed by atoms with Gasteiger partial charge in [-0.05, 0) is 36.0 Å². The number of rotatable bonds is 7. The molecule has 0 saturated carbocycles. The summed E-state index contributed by atoms with van der Waals surface area (Å²) in [5.74, 6) is 0.237. The van der Waals surface area contributed by atoms with Gasteiger partial charge in [-0.3, -0.25) is 4.57 Å². The molecule has 1 unspecified atom stereocenters. The molecule has 200 valence electrons. The van der Waals surface area contributed by atoms with E-state index in [2.05, 4.69) is 60.4 Å². The molecule has 3 rings (SSSR count). The molecule has 1 aromatic rings. The van der Waals surface area contributed by atoms with E-state index >= 15 is 0 Å². The largest absolute Gasteiger partial charge is 0.478 e. The van der Waals surface area contributed by atoms with Gasteiger partial charge in [0.1, 0.15) is 17.8 Å². The van der Waals surface area contributed by atoms with E-state index in [9.17, 15) is 9.90 Å². The van der Waals surface area contributed by atoms with Gasteiger partial charge < -0.3 is 27.5 Å². The van der Waals surface area contributed by atoms with Crippen LogP contribution < -0.4 is 10.4 Å². The van der Waals surface area contributed by atoms with Crippen LogP contribution in [0, 0.1) is 0 Å².